The molecule has 2 aromatic rings. The number of pyridine rings is 1. The third kappa shape index (κ3) is 3.60. The lowest BCUT2D eigenvalue weighted by Crippen LogP contribution is -2.44. The molecule has 0 aliphatic carbocycles. The maximum Gasteiger partial charge on any atom is 0.187 e. The second-order valence-corrected chi connectivity index (χ2v) is 8.00. The average Bonchev–Trinajstić information content (AvgIpc) is 2.89. The van der Waals surface area contributed by atoms with E-state index in [0.29, 0.717) is 18.5 Å². The largest absolute Gasteiger partial charge is 0.304 e. The molecule has 1 fully saturated rings. The molecule has 1 aromatic heterocycles. The van der Waals surface area contributed by atoms with Crippen LogP contribution in [0.3, 0.4) is 0 Å². The van der Waals surface area contributed by atoms with Crippen LogP contribution in [0.5, 0.6) is 0 Å². The fourth-order valence-electron chi connectivity index (χ4n) is 3.31. The van der Waals surface area contributed by atoms with E-state index in [0.717, 1.165) is 12.1 Å². The Morgan fingerprint density at radius 2 is 2.00 bits per heavy atom. The van der Waals surface area contributed by atoms with E-state index >= 15 is 0 Å². The first-order chi connectivity index (χ1) is 14.2. The molecule has 9 heteroatoms. The van der Waals surface area contributed by atoms with Crippen molar-refractivity contribution in [1.29, 1.82) is 15.9 Å². The Labute approximate surface area is 184 Å². The number of amidine groups is 1. The van der Waals surface area contributed by atoms with Gasteiger partial charge < -0.3 is 4.90 Å². The summed E-state index contributed by atoms with van der Waals surface area (Å²) >= 11 is 11.6. The van der Waals surface area contributed by atoms with Crippen LogP contribution < -0.4 is 9.80 Å². The van der Waals surface area contributed by atoms with E-state index in [1.165, 1.54) is 17.0 Å². The number of hydrogen-bond donors (Lipinski definition) is 1. The number of halogens is 2. The van der Waals surface area contributed by atoms with Crippen LogP contribution in [0.2, 0.25) is 5.02 Å². The third-order valence-corrected chi connectivity index (χ3v) is 5.69. The van der Waals surface area contributed by atoms with Gasteiger partial charge in [-0.05, 0) is 63.2 Å². The highest BCUT2D eigenvalue weighted by Crippen LogP contribution is 2.39. The number of aromatic nitrogens is 1. The molecule has 1 saturated heterocycles. The summed E-state index contributed by atoms with van der Waals surface area (Å²) in [5.74, 6) is -0.725. The van der Waals surface area contributed by atoms with Crippen LogP contribution in [0.4, 0.5) is 15.8 Å². The molecule has 152 valence electrons. The topological polar surface area (TPSA) is 90.8 Å². The number of aryl methyl sites for hydroxylation is 1. The second kappa shape index (κ2) is 8.35. The van der Waals surface area contributed by atoms with Crippen molar-refractivity contribution in [3.05, 3.63) is 52.6 Å². The van der Waals surface area contributed by atoms with Gasteiger partial charge in [0.25, 0.3) is 0 Å². The molecular weight excluding hydrogens is 423 g/mol. The van der Waals surface area contributed by atoms with Crippen molar-refractivity contribution in [2.24, 2.45) is 0 Å². The molecule has 3 rings (SSSR count). The molecule has 2 heterocycles. The van der Waals surface area contributed by atoms with E-state index in [4.69, 9.17) is 39.8 Å². The number of hydrogen-bond acceptors (Lipinski definition) is 5. The monoisotopic (exact) mass is 440 g/mol. The number of nitriles is 2. The van der Waals surface area contributed by atoms with E-state index in [2.05, 4.69) is 11.1 Å². The predicted octanol–water partition coefficient (Wildman–Crippen LogP) is 4.96. The minimum absolute atomic E-state index is 0.0156. The molecule has 0 saturated carbocycles. The highest BCUT2D eigenvalue weighted by molar-refractivity contribution is 7.81. The van der Waals surface area contributed by atoms with Gasteiger partial charge in [-0.25, -0.2) is 4.39 Å². The summed E-state index contributed by atoms with van der Waals surface area (Å²) in [5, 5.41) is 26.3. The molecule has 0 amide bonds. The molecule has 0 atom stereocenters. The lowest BCUT2D eigenvalue weighted by atomic mass is 10.0. The molecular formula is C21H18ClFN6S. The van der Waals surface area contributed by atoms with Gasteiger partial charge >= 0.3 is 0 Å². The summed E-state index contributed by atoms with van der Waals surface area (Å²) in [5.41, 5.74) is 0.691. The van der Waals surface area contributed by atoms with Crippen molar-refractivity contribution >= 4 is 46.1 Å². The van der Waals surface area contributed by atoms with Crippen molar-refractivity contribution in [3.8, 4) is 12.1 Å². The Balaban J connectivity index is 1.97. The Morgan fingerprint density at radius 3 is 2.60 bits per heavy atom. The number of benzene rings is 1. The van der Waals surface area contributed by atoms with E-state index in [9.17, 15) is 4.39 Å². The van der Waals surface area contributed by atoms with E-state index in [1.807, 2.05) is 32.0 Å². The number of nitrogens with zero attached hydrogens (tertiary/aromatic N) is 5. The molecule has 1 aliphatic rings. The Morgan fingerprint density at radius 1 is 1.27 bits per heavy atom. The molecule has 1 aromatic carbocycles. The van der Waals surface area contributed by atoms with Gasteiger partial charge in [0.15, 0.2) is 10.9 Å². The van der Waals surface area contributed by atoms with Gasteiger partial charge in [-0.2, -0.15) is 10.5 Å². The molecule has 0 unspecified atom stereocenters. The Bertz CT molecular complexity index is 1100. The van der Waals surface area contributed by atoms with Gasteiger partial charge in [0.1, 0.15) is 11.9 Å². The van der Waals surface area contributed by atoms with Gasteiger partial charge in [0.2, 0.25) is 0 Å². The first-order valence-corrected chi connectivity index (χ1v) is 9.96. The fraction of sp³-hybridized carbons (Fsp3) is 0.286. The smallest absolute Gasteiger partial charge is 0.187 e. The molecule has 1 aliphatic heterocycles. The van der Waals surface area contributed by atoms with Crippen molar-refractivity contribution in [2.75, 3.05) is 9.80 Å². The van der Waals surface area contributed by atoms with Crippen LogP contribution in [-0.2, 0) is 6.42 Å². The van der Waals surface area contributed by atoms with Gasteiger partial charge in [0, 0.05) is 12.1 Å². The van der Waals surface area contributed by atoms with E-state index in [-0.39, 0.29) is 27.2 Å². The Hall–Kier alpha value is -3.07. The predicted molar refractivity (Wildman–Crippen MR) is 118 cm³/mol. The summed E-state index contributed by atoms with van der Waals surface area (Å²) in [7, 11) is 0. The first-order valence-electron chi connectivity index (χ1n) is 9.17. The second-order valence-electron chi connectivity index (χ2n) is 7.25. The van der Waals surface area contributed by atoms with Crippen LogP contribution >= 0.6 is 23.8 Å². The summed E-state index contributed by atoms with van der Waals surface area (Å²) < 4.78 is 14.9. The number of unbranched alkanes of at least 4 members (excludes halogenated alkanes) is 1. The lowest BCUT2D eigenvalue weighted by Gasteiger charge is -2.30. The highest BCUT2D eigenvalue weighted by atomic mass is 35.5. The molecule has 0 spiro atoms. The van der Waals surface area contributed by atoms with Crippen molar-refractivity contribution in [2.45, 2.75) is 38.6 Å². The van der Waals surface area contributed by atoms with Crippen molar-refractivity contribution in [1.82, 2.24) is 4.98 Å². The van der Waals surface area contributed by atoms with E-state index < -0.39 is 11.4 Å². The molecule has 1 N–H and O–H groups in total. The third-order valence-electron chi connectivity index (χ3n) is 4.96. The molecule has 30 heavy (non-hydrogen) atoms. The number of thiocarbonyl (C=S) groups is 1. The van der Waals surface area contributed by atoms with Crippen molar-refractivity contribution < 1.29 is 4.39 Å². The van der Waals surface area contributed by atoms with Crippen molar-refractivity contribution in [3.63, 3.8) is 0 Å². The highest BCUT2D eigenvalue weighted by Gasteiger charge is 2.48. The number of rotatable bonds is 5. The lowest BCUT2D eigenvalue weighted by molar-refractivity contribution is 0.629. The van der Waals surface area contributed by atoms with Gasteiger partial charge in [-0.1, -0.05) is 11.6 Å². The first kappa shape index (κ1) is 21.6. The maximum atomic E-state index is 14.9. The molecule has 0 radical (unpaired) electrons. The summed E-state index contributed by atoms with van der Waals surface area (Å²) in [6.45, 7) is 3.62. The Kier molecular flexibility index (Phi) is 6.02. The maximum absolute atomic E-state index is 14.9. The zero-order chi connectivity index (χ0) is 22.1. The fourth-order valence-corrected chi connectivity index (χ4v) is 4.04. The van der Waals surface area contributed by atoms with Crippen LogP contribution in [0.15, 0.2) is 30.5 Å². The quantitative estimate of drug-likeness (QED) is 0.522. The minimum atomic E-state index is -0.867. The van der Waals surface area contributed by atoms with E-state index in [1.54, 1.807) is 11.1 Å². The van der Waals surface area contributed by atoms with Crippen LogP contribution in [-0.4, -0.2) is 21.5 Å². The SMILES string of the molecule is CC1(C)C(=N)N(c2ccc(C#N)c(Cl)c2F)C(=S)N1c1ccc(CCCC#N)nc1. The van der Waals surface area contributed by atoms with Gasteiger partial charge in [0.05, 0.1) is 39.8 Å². The average molecular weight is 441 g/mol. The van der Waals surface area contributed by atoms with Gasteiger partial charge in [-0.3, -0.25) is 15.3 Å². The summed E-state index contributed by atoms with van der Waals surface area (Å²) in [6.07, 6.45) is 3.55. The van der Waals surface area contributed by atoms with Crippen LogP contribution in [0, 0.1) is 33.9 Å². The number of anilines is 2. The zero-order valence-corrected chi connectivity index (χ0v) is 18.0. The standard InChI is InChI=1S/C21H18ClFN6S/c1-21(2)19(26)28(16-9-6-13(11-25)17(22)18(16)23)20(30)29(21)15-8-7-14(27-12-15)5-3-4-10-24/h6-9,12,26H,3-5H2,1-2H3. The normalized spacial score (nSPS) is 15.3. The minimum Gasteiger partial charge on any atom is -0.304 e. The molecule has 6 nitrogen and oxygen atoms in total. The van der Waals surface area contributed by atoms with Gasteiger partial charge in [-0.15, -0.1) is 0 Å². The van der Waals surface area contributed by atoms with Crippen LogP contribution in [0.1, 0.15) is 37.9 Å². The number of nitrogens with one attached hydrogen (secondary N) is 1. The molecule has 0 bridgehead atoms. The summed E-state index contributed by atoms with van der Waals surface area (Å²) in [4.78, 5) is 7.50. The van der Waals surface area contributed by atoms with Crippen LogP contribution in [0.25, 0.3) is 0 Å². The summed E-state index contributed by atoms with van der Waals surface area (Å²) in [6, 6.07) is 10.5. The zero-order valence-electron chi connectivity index (χ0n) is 16.4.